The minimum atomic E-state index is -0.128. The van der Waals surface area contributed by atoms with Crippen LogP contribution in [0.2, 0.25) is 0 Å². The van der Waals surface area contributed by atoms with Crippen molar-refractivity contribution in [3.63, 3.8) is 0 Å². The Morgan fingerprint density at radius 2 is 2.04 bits per heavy atom. The predicted molar refractivity (Wildman–Crippen MR) is 99.5 cm³/mol. The molecular weight excluding hydrogens is 330 g/mol. The number of fused-ring (bicyclic) bond motifs is 1. The van der Waals surface area contributed by atoms with Crippen LogP contribution < -0.4 is 10.1 Å². The van der Waals surface area contributed by atoms with Crippen LogP contribution in [0, 0.1) is 6.92 Å². The normalized spacial score (nSPS) is 12.1. The molecule has 1 N–H and O–H groups in total. The molecule has 1 aromatic carbocycles. The Hall–Kier alpha value is -2.86. The van der Waals surface area contributed by atoms with Crippen LogP contribution in [0.25, 0.3) is 5.65 Å². The molecular formula is C20H23N3O3. The van der Waals surface area contributed by atoms with E-state index in [1.165, 1.54) is 0 Å². The molecule has 1 atom stereocenters. The molecule has 6 nitrogen and oxygen atoms in total. The summed E-state index contributed by atoms with van der Waals surface area (Å²) < 4.78 is 12.8. The summed E-state index contributed by atoms with van der Waals surface area (Å²) >= 11 is 0. The summed E-state index contributed by atoms with van der Waals surface area (Å²) in [4.78, 5) is 16.7. The average molecular weight is 353 g/mol. The Morgan fingerprint density at radius 1 is 1.27 bits per heavy atom. The summed E-state index contributed by atoms with van der Waals surface area (Å²) in [6.45, 7) is 4.78. The van der Waals surface area contributed by atoms with Crippen LogP contribution in [0.3, 0.4) is 0 Å². The fourth-order valence-corrected chi connectivity index (χ4v) is 2.73. The first-order valence-corrected chi connectivity index (χ1v) is 8.52. The number of benzene rings is 1. The van der Waals surface area contributed by atoms with E-state index in [1.807, 2.05) is 42.8 Å². The molecule has 0 aliphatic carbocycles. The maximum atomic E-state index is 12.1. The highest BCUT2D eigenvalue weighted by atomic mass is 16.5. The molecule has 0 fully saturated rings. The van der Waals surface area contributed by atoms with Crippen molar-refractivity contribution in [3.8, 4) is 5.75 Å². The van der Waals surface area contributed by atoms with Crippen molar-refractivity contribution < 1.29 is 14.3 Å². The van der Waals surface area contributed by atoms with Gasteiger partial charge in [0, 0.05) is 31.1 Å². The fourth-order valence-electron chi connectivity index (χ4n) is 2.73. The Bertz CT molecular complexity index is 887. The van der Waals surface area contributed by atoms with E-state index in [1.54, 1.807) is 31.4 Å². The van der Waals surface area contributed by atoms with E-state index in [-0.39, 0.29) is 11.9 Å². The summed E-state index contributed by atoms with van der Waals surface area (Å²) in [5.41, 5.74) is 3.50. The quantitative estimate of drug-likeness (QED) is 0.709. The third-order valence-corrected chi connectivity index (χ3v) is 4.03. The number of carbonyl (C=O) groups excluding carboxylic acids is 1. The molecule has 0 spiro atoms. The molecule has 0 bridgehead atoms. The van der Waals surface area contributed by atoms with Gasteiger partial charge in [-0.15, -0.1) is 0 Å². The Morgan fingerprint density at radius 3 is 2.73 bits per heavy atom. The molecule has 3 aromatic rings. The van der Waals surface area contributed by atoms with Crippen molar-refractivity contribution in [2.45, 2.75) is 26.5 Å². The van der Waals surface area contributed by atoms with E-state index >= 15 is 0 Å². The van der Waals surface area contributed by atoms with E-state index in [2.05, 4.69) is 10.3 Å². The number of methoxy groups -OCH3 is 1. The van der Waals surface area contributed by atoms with Crippen molar-refractivity contribution >= 4 is 11.6 Å². The van der Waals surface area contributed by atoms with Crippen molar-refractivity contribution in [1.82, 2.24) is 14.7 Å². The van der Waals surface area contributed by atoms with E-state index < -0.39 is 0 Å². The third kappa shape index (κ3) is 4.21. The summed E-state index contributed by atoms with van der Waals surface area (Å²) in [6.07, 6.45) is 3.93. The Balaban J connectivity index is 1.60. The number of rotatable bonds is 7. The van der Waals surface area contributed by atoms with Crippen LogP contribution in [0.4, 0.5) is 0 Å². The molecule has 2 heterocycles. The largest absolute Gasteiger partial charge is 0.487 e. The van der Waals surface area contributed by atoms with Gasteiger partial charge >= 0.3 is 0 Å². The number of aromatic nitrogens is 2. The number of hydrogen-bond acceptors (Lipinski definition) is 4. The summed E-state index contributed by atoms with van der Waals surface area (Å²) in [5, 5.41) is 2.88. The first kappa shape index (κ1) is 17.9. The zero-order valence-corrected chi connectivity index (χ0v) is 15.2. The van der Waals surface area contributed by atoms with Crippen molar-refractivity contribution in [2.24, 2.45) is 0 Å². The standard InChI is InChI=1S/C20H23N3O3/c1-14-5-4-10-23-11-17(22-19(14)23)13-26-18-8-6-16(7-9-18)20(24)21-15(2)12-25-3/h4-11,15H,12-13H2,1-3H3,(H,21,24). The Kier molecular flexibility index (Phi) is 5.53. The van der Waals surface area contributed by atoms with Gasteiger partial charge in [-0.05, 0) is 49.7 Å². The zero-order valence-electron chi connectivity index (χ0n) is 15.2. The minimum absolute atomic E-state index is 0.0399. The topological polar surface area (TPSA) is 64.9 Å². The number of pyridine rings is 1. The molecule has 3 rings (SSSR count). The van der Waals surface area contributed by atoms with Gasteiger partial charge in [-0.1, -0.05) is 6.07 Å². The lowest BCUT2D eigenvalue weighted by Gasteiger charge is -2.13. The molecule has 6 heteroatoms. The highest BCUT2D eigenvalue weighted by Gasteiger charge is 2.10. The van der Waals surface area contributed by atoms with Crippen LogP contribution in [-0.4, -0.2) is 35.1 Å². The summed E-state index contributed by atoms with van der Waals surface area (Å²) in [5.74, 6) is 0.567. The van der Waals surface area contributed by atoms with Crippen LogP contribution in [-0.2, 0) is 11.3 Å². The van der Waals surface area contributed by atoms with E-state index in [4.69, 9.17) is 9.47 Å². The van der Waals surface area contributed by atoms with Gasteiger partial charge in [-0.2, -0.15) is 0 Å². The number of imidazole rings is 1. The van der Waals surface area contributed by atoms with Crippen molar-refractivity contribution in [1.29, 1.82) is 0 Å². The van der Waals surface area contributed by atoms with Gasteiger partial charge in [0.25, 0.3) is 5.91 Å². The number of carbonyl (C=O) groups is 1. The van der Waals surface area contributed by atoms with Crippen molar-refractivity contribution in [3.05, 3.63) is 65.6 Å². The van der Waals surface area contributed by atoms with Gasteiger partial charge in [-0.25, -0.2) is 4.98 Å². The van der Waals surface area contributed by atoms with Gasteiger partial charge < -0.3 is 19.2 Å². The van der Waals surface area contributed by atoms with Crippen LogP contribution >= 0.6 is 0 Å². The number of nitrogens with zero attached hydrogens (tertiary/aromatic N) is 2. The minimum Gasteiger partial charge on any atom is -0.487 e. The number of hydrogen-bond donors (Lipinski definition) is 1. The van der Waals surface area contributed by atoms with E-state index in [0.717, 1.165) is 16.9 Å². The predicted octanol–water partition coefficient (Wildman–Crippen LogP) is 2.99. The number of ether oxygens (including phenoxy) is 2. The van der Waals surface area contributed by atoms with Gasteiger partial charge in [0.2, 0.25) is 0 Å². The highest BCUT2D eigenvalue weighted by molar-refractivity contribution is 5.94. The smallest absolute Gasteiger partial charge is 0.251 e. The molecule has 2 aromatic heterocycles. The van der Waals surface area contributed by atoms with Crippen LogP contribution in [0.5, 0.6) is 5.75 Å². The van der Waals surface area contributed by atoms with E-state index in [9.17, 15) is 4.79 Å². The molecule has 136 valence electrons. The first-order valence-electron chi connectivity index (χ1n) is 8.52. The lowest BCUT2D eigenvalue weighted by atomic mass is 10.2. The number of aryl methyl sites for hydroxylation is 1. The molecule has 26 heavy (non-hydrogen) atoms. The molecule has 1 unspecified atom stereocenters. The van der Waals surface area contributed by atoms with Crippen LogP contribution in [0.15, 0.2) is 48.8 Å². The second-order valence-corrected chi connectivity index (χ2v) is 6.30. The van der Waals surface area contributed by atoms with E-state index in [0.29, 0.717) is 24.5 Å². The fraction of sp³-hybridized carbons (Fsp3) is 0.300. The maximum absolute atomic E-state index is 12.1. The second-order valence-electron chi connectivity index (χ2n) is 6.30. The van der Waals surface area contributed by atoms with Crippen molar-refractivity contribution in [2.75, 3.05) is 13.7 Å². The molecule has 1 amide bonds. The molecule has 0 aliphatic heterocycles. The summed E-state index contributed by atoms with van der Waals surface area (Å²) in [6, 6.07) is 11.1. The third-order valence-electron chi connectivity index (χ3n) is 4.03. The zero-order chi connectivity index (χ0) is 18.5. The molecule has 0 saturated heterocycles. The average Bonchev–Trinajstić information content (AvgIpc) is 3.05. The SMILES string of the molecule is COCC(C)NC(=O)c1ccc(OCc2cn3cccc(C)c3n2)cc1. The molecule has 0 saturated carbocycles. The first-order chi connectivity index (χ1) is 12.6. The van der Waals surface area contributed by atoms with Gasteiger partial charge in [0.05, 0.1) is 12.3 Å². The van der Waals surface area contributed by atoms with Gasteiger partial charge in [0.1, 0.15) is 18.0 Å². The summed E-state index contributed by atoms with van der Waals surface area (Å²) in [7, 11) is 1.61. The molecule has 0 aliphatic rings. The van der Waals surface area contributed by atoms with Gasteiger partial charge in [-0.3, -0.25) is 4.79 Å². The number of nitrogens with one attached hydrogen (secondary N) is 1. The highest BCUT2D eigenvalue weighted by Crippen LogP contribution is 2.15. The monoisotopic (exact) mass is 353 g/mol. The second kappa shape index (κ2) is 8.01. The lowest BCUT2D eigenvalue weighted by molar-refractivity contribution is 0.0905. The Labute approximate surface area is 152 Å². The van der Waals surface area contributed by atoms with Crippen LogP contribution in [0.1, 0.15) is 28.5 Å². The maximum Gasteiger partial charge on any atom is 0.251 e. The molecule has 0 radical (unpaired) electrons. The number of amides is 1. The van der Waals surface area contributed by atoms with Gasteiger partial charge in [0.15, 0.2) is 0 Å². The lowest BCUT2D eigenvalue weighted by Crippen LogP contribution is -2.35.